The lowest BCUT2D eigenvalue weighted by Gasteiger charge is -2.44. The van der Waals surface area contributed by atoms with E-state index in [4.69, 9.17) is 4.74 Å². The average Bonchev–Trinajstić information content (AvgIpc) is 2.32. The SMILES string of the molecule is CCCC(=O)O[C@@H]1CCCC2=CC(=O)CC[C@]21C. The molecule has 1 fully saturated rings. The number of hydrogen-bond acceptors (Lipinski definition) is 3. The first-order chi connectivity index (χ1) is 8.56. The third-order valence-corrected chi connectivity index (χ3v) is 4.31. The lowest BCUT2D eigenvalue weighted by Crippen LogP contribution is -2.43. The molecule has 0 N–H and O–H groups in total. The standard InChI is InChI=1S/C15H22O3/c1-3-5-14(17)18-13-7-4-6-11-10-12(16)8-9-15(11,13)2/h10,13H,3-9H2,1-2H3/t13-,15-/m1/s1. The Morgan fingerprint density at radius 3 is 3.00 bits per heavy atom. The van der Waals surface area contributed by atoms with Gasteiger partial charge in [0.2, 0.25) is 0 Å². The number of fused-ring (bicyclic) bond motifs is 1. The maximum atomic E-state index is 11.7. The van der Waals surface area contributed by atoms with E-state index in [1.54, 1.807) is 6.08 Å². The average molecular weight is 250 g/mol. The molecule has 0 radical (unpaired) electrons. The Kier molecular flexibility index (Phi) is 3.88. The molecule has 2 aliphatic rings. The Bertz CT molecular complexity index is 383. The largest absolute Gasteiger partial charge is 0.461 e. The zero-order valence-electron chi connectivity index (χ0n) is 11.3. The minimum atomic E-state index is -0.102. The number of carbonyl (C=O) groups is 2. The van der Waals surface area contributed by atoms with Gasteiger partial charge in [-0.05, 0) is 38.2 Å². The van der Waals surface area contributed by atoms with Crippen LogP contribution in [0.5, 0.6) is 0 Å². The van der Waals surface area contributed by atoms with Gasteiger partial charge < -0.3 is 4.74 Å². The van der Waals surface area contributed by atoms with Crippen molar-refractivity contribution in [1.82, 2.24) is 0 Å². The van der Waals surface area contributed by atoms with Crippen LogP contribution in [0.4, 0.5) is 0 Å². The predicted octanol–water partition coefficient (Wildman–Crippen LogP) is 3.18. The van der Waals surface area contributed by atoms with Gasteiger partial charge >= 0.3 is 5.97 Å². The summed E-state index contributed by atoms with van der Waals surface area (Å²) >= 11 is 0. The molecule has 2 atom stereocenters. The first-order valence-corrected chi connectivity index (χ1v) is 6.99. The molecule has 0 spiro atoms. The van der Waals surface area contributed by atoms with E-state index >= 15 is 0 Å². The predicted molar refractivity (Wildman–Crippen MR) is 69.1 cm³/mol. The van der Waals surface area contributed by atoms with Gasteiger partial charge in [-0.2, -0.15) is 0 Å². The van der Waals surface area contributed by atoms with E-state index < -0.39 is 0 Å². The second-order valence-electron chi connectivity index (χ2n) is 5.67. The van der Waals surface area contributed by atoms with Crippen molar-refractivity contribution in [1.29, 1.82) is 0 Å². The summed E-state index contributed by atoms with van der Waals surface area (Å²) in [5.74, 6) is 0.130. The third kappa shape index (κ3) is 2.50. The number of ether oxygens (including phenoxy) is 1. The molecule has 3 nitrogen and oxygen atoms in total. The van der Waals surface area contributed by atoms with Crippen LogP contribution in [-0.4, -0.2) is 17.9 Å². The number of rotatable bonds is 3. The quantitative estimate of drug-likeness (QED) is 0.722. The Labute approximate surface area is 109 Å². The highest BCUT2D eigenvalue weighted by Crippen LogP contribution is 2.47. The van der Waals surface area contributed by atoms with E-state index in [9.17, 15) is 9.59 Å². The molecule has 0 saturated heterocycles. The summed E-state index contributed by atoms with van der Waals surface area (Å²) in [5.41, 5.74) is 1.09. The van der Waals surface area contributed by atoms with Crippen LogP contribution in [0, 0.1) is 5.41 Å². The molecule has 0 amide bonds. The maximum Gasteiger partial charge on any atom is 0.306 e. The summed E-state index contributed by atoms with van der Waals surface area (Å²) in [6, 6.07) is 0. The van der Waals surface area contributed by atoms with Crippen LogP contribution in [0.15, 0.2) is 11.6 Å². The number of carbonyl (C=O) groups excluding carboxylic acids is 2. The molecule has 1 saturated carbocycles. The highest BCUT2D eigenvalue weighted by atomic mass is 16.5. The Morgan fingerprint density at radius 2 is 2.28 bits per heavy atom. The van der Waals surface area contributed by atoms with Gasteiger partial charge in [-0.3, -0.25) is 9.59 Å². The van der Waals surface area contributed by atoms with E-state index in [-0.39, 0.29) is 23.3 Å². The van der Waals surface area contributed by atoms with Gasteiger partial charge in [-0.1, -0.05) is 19.4 Å². The summed E-state index contributed by atoms with van der Waals surface area (Å²) in [7, 11) is 0. The molecule has 0 aromatic rings. The van der Waals surface area contributed by atoms with Gasteiger partial charge in [0.1, 0.15) is 6.10 Å². The van der Waals surface area contributed by atoms with Gasteiger partial charge in [0.15, 0.2) is 5.78 Å². The normalized spacial score (nSPS) is 31.6. The summed E-state index contributed by atoms with van der Waals surface area (Å²) in [4.78, 5) is 23.2. The highest BCUT2D eigenvalue weighted by Gasteiger charge is 2.44. The lowest BCUT2D eigenvalue weighted by molar-refractivity contribution is -0.156. The van der Waals surface area contributed by atoms with E-state index in [2.05, 4.69) is 6.92 Å². The highest BCUT2D eigenvalue weighted by molar-refractivity contribution is 5.91. The number of ketones is 1. The van der Waals surface area contributed by atoms with Crippen LogP contribution in [0.2, 0.25) is 0 Å². The van der Waals surface area contributed by atoms with Gasteiger partial charge in [-0.15, -0.1) is 0 Å². The van der Waals surface area contributed by atoms with Crippen molar-refractivity contribution >= 4 is 11.8 Å². The van der Waals surface area contributed by atoms with Crippen molar-refractivity contribution < 1.29 is 14.3 Å². The molecular weight excluding hydrogens is 228 g/mol. The molecular formula is C15H22O3. The van der Waals surface area contributed by atoms with Gasteiger partial charge in [0, 0.05) is 18.3 Å². The summed E-state index contributed by atoms with van der Waals surface area (Å²) in [6.07, 6.45) is 7.39. The third-order valence-electron chi connectivity index (χ3n) is 4.31. The monoisotopic (exact) mass is 250 g/mol. The van der Waals surface area contributed by atoms with Crippen molar-refractivity contribution in [2.24, 2.45) is 5.41 Å². The molecule has 0 unspecified atom stereocenters. The van der Waals surface area contributed by atoms with Gasteiger partial charge in [-0.25, -0.2) is 0 Å². The first-order valence-electron chi connectivity index (χ1n) is 6.99. The molecule has 0 aromatic heterocycles. The van der Waals surface area contributed by atoms with Crippen molar-refractivity contribution in [3.05, 3.63) is 11.6 Å². The van der Waals surface area contributed by atoms with E-state index in [0.29, 0.717) is 12.8 Å². The van der Waals surface area contributed by atoms with Crippen LogP contribution < -0.4 is 0 Å². The minimum Gasteiger partial charge on any atom is -0.461 e. The Hall–Kier alpha value is -1.12. The maximum absolute atomic E-state index is 11.7. The summed E-state index contributed by atoms with van der Waals surface area (Å²) in [6.45, 7) is 4.13. The zero-order valence-corrected chi connectivity index (χ0v) is 11.3. The summed E-state index contributed by atoms with van der Waals surface area (Å²) in [5, 5.41) is 0. The topological polar surface area (TPSA) is 43.4 Å². The van der Waals surface area contributed by atoms with Crippen LogP contribution in [0.25, 0.3) is 0 Å². The van der Waals surface area contributed by atoms with E-state index in [0.717, 1.165) is 32.1 Å². The van der Waals surface area contributed by atoms with Crippen LogP contribution >= 0.6 is 0 Å². The van der Waals surface area contributed by atoms with E-state index in [1.807, 2.05) is 6.92 Å². The fourth-order valence-corrected chi connectivity index (χ4v) is 3.11. The minimum absolute atomic E-state index is 0.0374. The van der Waals surface area contributed by atoms with Crippen molar-refractivity contribution in [3.8, 4) is 0 Å². The smallest absolute Gasteiger partial charge is 0.306 e. The molecule has 100 valence electrons. The number of allylic oxidation sites excluding steroid dienone is 1. The molecule has 0 aliphatic heterocycles. The van der Waals surface area contributed by atoms with E-state index in [1.165, 1.54) is 5.57 Å². The van der Waals surface area contributed by atoms with Crippen molar-refractivity contribution in [2.45, 2.75) is 64.9 Å². The Balaban J connectivity index is 2.14. The van der Waals surface area contributed by atoms with Crippen LogP contribution in [0.3, 0.4) is 0 Å². The zero-order chi connectivity index (χ0) is 13.2. The molecule has 0 aromatic carbocycles. The molecule has 0 heterocycles. The summed E-state index contributed by atoms with van der Waals surface area (Å²) < 4.78 is 5.65. The van der Waals surface area contributed by atoms with Gasteiger partial charge in [0.05, 0.1) is 0 Å². The molecule has 3 heteroatoms. The second kappa shape index (κ2) is 5.25. The molecule has 0 bridgehead atoms. The fourth-order valence-electron chi connectivity index (χ4n) is 3.11. The Morgan fingerprint density at radius 1 is 1.50 bits per heavy atom. The number of hydrogen-bond donors (Lipinski definition) is 0. The first kappa shape index (κ1) is 13.3. The van der Waals surface area contributed by atoms with Crippen LogP contribution in [-0.2, 0) is 14.3 Å². The molecule has 18 heavy (non-hydrogen) atoms. The van der Waals surface area contributed by atoms with Gasteiger partial charge in [0.25, 0.3) is 0 Å². The van der Waals surface area contributed by atoms with Crippen LogP contribution in [0.1, 0.15) is 58.8 Å². The lowest BCUT2D eigenvalue weighted by atomic mass is 9.64. The molecule has 2 rings (SSSR count). The van der Waals surface area contributed by atoms with Crippen molar-refractivity contribution in [2.75, 3.05) is 0 Å². The second-order valence-corrected chi connectivity index (χ2v) is 5.67. The molecule has 2 aliphatic carbocycles. The fraction of sp³-hybridized carbons (Fsp3) is 0.733. The number of esters is 1. The van der Waals surface area contributed by atoms with Crippen molar-refractivity contribution in [3.63, 3.8) is 0 Å².